The summed E-state index contributed by atoms with van der Waals surface area (Å²) in [5.74, 6) is 0. The fourth-order valence-electron chi connectivity index (χ4n) is 0.847. The zero-order valence-electron chi connectivity index (χ0n) is 6.60. The van der Waals surface area contributed by atoms with Crippen LogP contribution in [0.1, 0.15) is 29.2 Å². The van der Waals surface area contributed by atoms with Crippen LogP contribution in [-0.4, -0.2) is 5.11 Å². The highest BCUT2D eigenvalue weighted by atomic mass is 79.9. The van der Waals surface area contributed by atoms with E-state index in [9.17, 15) is 5.11 Å². The standard InChI is InChI=1S/C8H11BrOS/c1-3-7(10)8-4-6(9)5(2)11-8/h4,7,10H,3H2,1-2H3/t7-/m0/s1. The van der Waals surface area contributed by atoms with Crippen LogP contribution in [0.25, 0.3) is 0 Å². The number of thiophene rings is 1. The minimum atomic E-state index is -0.287. The molecule has 0 aliphatic rings. The number of hydrogen-bond acceptors (Lipinski definition) is 2. The molecule has 0 saturated heterocycles. The van der Waals surface area contributed by atoms with Crippen LogP contribution in [0, 0.1) is 6.92 Å². The van der Waals surface area contributed by atoms with Crippen molar-refractivity contribution in [2.45, 2.75) is 26.4 Å². The Labute approximate surface area is 79.2 Å². The zero-order chi connectivity index (χ0) is 8.43. The fraction of sp³-hybridized carbons (Fsp3) is 0.500. The summed E-state index contributed by atoms with van der Waals surface area (Å²) in [7, 11) is 0. The quantitative estimate of drug-likeness (QED) is 0.834. The molecule has 0 aliphatic heterocycles. The third kappa shape index (κ3) is 2.04. The Hall–Kier alpha value is 0.140. The summed E-state index contributed by atoms with van der Waals surface area (Å²) in [5.41, 5.74) is 0. The lowest BCUT2D eigenvalue weighted by atomic mass is 10.2. The molecule has 1 heterocycles. The lowest BCUT2D eigenvalue weighted by Gasteiger charge is -2.01. The van der Waals surface area contributed by atoms with Gasteiger partial charge in [0, 0.05) is 14.2 Å². The van der Waals surface area contributed by atoms with Crippen LogP contribution >= 0.6 is 27.3 Å². The average molecular weight is 235 g/mol. The lowest BCUT2D eigenvalue weighted by Crippen LogP contribution is -1.89. The van der Waals surface area contributed by atoms with E-state index in [2.05, 4.69) is 15.9 Å². The van der Waals surface area contributed by atoms with Gasteiger partial charge in [-0.2, -0.15) is 0 Å². The Bertz CT molecular complexity index is 225. The van der Waals surface area contributed by atoms with Gasteiger partial charge in [0.15, 0.2) is 0 Å². The van der Waals surface area contributed by atoms with Crippen molar-refractivity contribution in [1.82, 2.24) is 0 Å². The van der Waals surface area contributed by atoms with Crippen molar-refractivity contribution in [3.63, 3.8) is 0 Å². The minimum absolute atomic E-state index is 0.287. The third-order valence-electron chi connectivity index (χ3n) is 1.59. The van der Waals surface area contributed by atoms with Crippen molar-refractivity contribution >= 4 is 27.3 Å². The molecule has 1 N–H and O–H groups in total. The molecule has 1 atom stereocenters. The molecule has 0 amide bonds. The SMILES string of the molecule is CC[C@H](O)c1cc(Br)c(C)s1. The van der Waals surface area contributed by atoms with Crippen LogP contribution in [0.4, 0.5) is 0 Å². The first-order chi connectivity index (χ1) is 5.15. The van der Waals surface area contributed by atoms with E-state index in [4.69, 9.17) is 0 Å². The third-order valence-corrected chi connectivity index (χ3v) is 3.83. The molecule has 0 spiro atoms. The molecule has 1 aromatic rings. The van der Waals surface area contributed by atoms with Gasteiger partial charge in [0.25, 0.3) is 0 Å². The van der Waals surface area contributed by atoms with Crippen molar-refractivity contribution in [1.29, 1.82) is 0 Å². The summed E-state index contributed by atoms with van der Waals surface area (Å²) >= 11 is 5.06. The molecule has 1 rings (SSSR count). The molecule has 0 saturated carbocycles. The number of aliphatic hydroxyl groups excluding tert-OH is 1. The summed E-state index contributed by atoms with van der Waals surface area (Å²) in [6.07, 6.45) is 0.497. The number of rotatable bonds is 2. The van der Waals surface area contributed by atoms with E-state index >= 15 is 0 Å². The average Bonchev–Trinajstić information content (AvgIpc) is 2.31. The maximum Gasteiger partial charge on any atom is 0.0879 e. The highest BCUT2D eigenvalue weighted by Gasteiger charge is 2.09. The highest BCUT2D eigenvalue weighted by molar-refractivity contribution is 9.10. The molecule has 1 nitrogen and oxygen atoms in total. The Morgan fingerprint density at radius 1 is 1.73 bits per heavy atom. The first-order valence-electron chi connectivity index (χ1n) is 3.59. The number of aliphatic hydroxyl groups is 1. The van der Waals surface area contributed by atoms with E-state index in [0.29, 0.717) is 0 Å². The second kappa shape index (κ2) is 3.70. The Morgan fingerprint density at radius 2 is 2.36 bits per heavy atom. The lowest BCUT2D eigenvalue weighted by molar-refractivity contribution is 0.177. The second-order valence-electron chi connectivity index (χ2n) is 2.48. The maximum atomic E-state index is 9.46. The second-order valence-corrected chi connectivity index (χ2v) is 4.62. The van der Waals surface area contributed by atoms with Gasteiger partial charge in [-0.1, -0.05) is 6.92 Å². The molecule has 3 heteroatoms. The first-order valence-corrected chi connectivity index (χ1v) is 5.20. The zero-order valence-corrected chi connectivity index (χ0v) is 9.00. The van der Waals surface area contributed by atoms with Crippen LogP contribution in [0.5, 0.6) is 0 Å². The summed E-state index contributed by atoms with van der Waals surface area (Å²) in [5, 5.41) is 9.46. The normalized spacial score (nSPS) is 13.5. The molecule has 11 heavy (non-hydrogen) atoms. The maximum absolute atomic E-state index is 9.46. The van der Waals surface area contributed by atoms with Gasteiger partial charge in [-0.05, 0) is 35.3 Å². The largest absolute Gasteiger partial charge is 0.388 e. The van der Waals surface area contributed by atoms with Crippen molar-refractivity contribution < 1.29 is 5.11 Å². The van der Waals surface area contributed by atoms with Gasteiger partial charge in [-0.15, -0.1) is 11.3 Å². The molecule has 0 unspecified atom stereocenters. The van der Waals surface area contributed by atoms with E-state index in [0.717, 1.165) is 15.8 Å². The smallest absolute Gasteiger partial charge is 0.0879 e. The van der Waals surface area contributed by atoms with Crippen molar-refractivity contribution in [3.05, 3.63) is 20.3 Å². The minimum Gasteiger partial charge on any atom is -0.388 e. The van der Waals surface area contributed by atoms with Crippen LogP contribution in [0.3, 0.4) is 0 Å². The van der Waals surface area contributed by atoms with Gasteiger partial charge in [-0.3, -0.25) is 0 Å². The van der Waals surface area contributed by atoms with Crippen molar-refractivity contribution in [3.8, 4) is 0 Å². The van der Waals surface area contributed by atoms with Crippen molar-refractivity contribution in [2.24, 2.45) is 0 Å². The predicted molar refractivity (Wildman–Crippen MR) is 52.0 cm³/mol. The van der Waals surface area contributed by atoms with Crippen LogP contribution in [0.15, 0.2) is 10.5 Å². The highest BCUT2D eigenvalue weighted by Crippen LogP contribution is 2.31. The van der Waals surface area contributed by atoms with Crippen LogP contribution < -0.4 is 0 Å². The van der Waals surface area contributed by atoms with E-state index < -0.39 is 0 Å². The molecule has 1 aromatic heterocycles. The summed E-state index contributed by atoms with van der Waals surface area (Å²) < 4.78 is 1.10. The number of halogens is 1. The van der Waals surface area contributed by atoms with E-state index in [1.807, 2.05) is 19.9 Å². The summed E-state index contributed by atoms with van der Waals surface area (Å²) in [4.78, 5) is 2.28. The summed E-state index contributed by atoms with van der Waals surface area (Å²) in [6.45, 7) is 4.02. The topological polar surface area (TPSA) is 20.2 Å². The molecular weight excluding hydrogens is 224 g/mol. The predicted octanol–water partition coefficient (Wildman–Crippen LogP) is 3.26. The van der Waals surface area contributed by atoms with Gasteiger partial charge in [0.1, 0.15) is 0 Å². The van der Waals surface area contributed by atoms with E-state index in [1.54, 1.807) is 11.3 Å². The van der Waals surface area contributed by atoms with Crippen LogP contribution in [0.2, 0.25) is 0 Å². The fourth-order valence-corrected chi connectivity index (χ4v) is 2.48. The van der Waals surface area contributed by atoms with Crippen molar-refractivity contribution in [2.75, 3.05) is 0 Å². The Kier molecular flexibility index (Phi) is 3.10. The molecule has 0 aliphatic carbocycles. The Balaban J connectivity index is 2.88. The molecule has 0 aromatic carbocycles. The van der Waals surface area contributed by atoms with Gasteiger partial charge < -0.3 is 5.11 Å². The Morgan fingerprint density at radius 3 is 2.73 bits per heavy atom. The number of hydrogen-bond donors (Lipinski definition) is 1. The molecular formula is C8H11BrOS. The summed E-state index contributed by atoms with van der Waals surface area (Å²) in [6, 6.07) is 1.99. The molecule has 0 bridgehead atoms. The monoisotopic (exact) mass is 234 g/mol. The molecule has 0 radical (unpaired) electrons. The van der Waals surface area contributed by atoms with Gasteiger partial charge in [0.2, 0.25) is 0 Å². The molecule has 0 fully saturated rings. The van der Waals surface area contributed by atoms with E-state index in [1.165, 1.54) is 4.88 Å². The van der Waals surface area contributed by atoms with Gasteiger partial charge in [-0.25, -0.2) is 0 Å². The first kappa shape index (κ1) is 9.23. The van der Waals surface area contributed by atoms with Crippen LogP contribution in [-0.2, 0) is 0 Å². The number of aryl methyl sites for hydroxylation is 1. The van der Waals surface area contributed by atoms with E-state index in [-0.39, 0.29) is 6.10 Å². The molecule has 62 valence electrons. The van der Waals surface area contributed by atoms with Gasteiger partial charge >= 0.3 is 0 Å². The van der Waals surface area contributed by atoms with Gasteiger partial charge in [0.05, 0.1) is 6.10 Å².